The number of rotatable bonds is 5. The molecule has 0 radical (unpaired) electrons. The Labute approximate surface area is 162 Å². The molecule has 2 heterocycles. The number of nitrogens with zero attached hydrogens (tertiary/aromatic N) is 2. The Morgan fingerprint density at radius 1 is 1.04 bits per heavy atom. The molecule has 4 heteroatoms. The van der Waals surface area contributed by atoms with Crippen LogP contribution in [-0.2, 0) is 30.8 Å². The van der Waals surface area contributed by atoms with Gasteiger partial charge in [-0.15, -0.1) is 0 Å². The molecular weight excluding hydrogens is 334 g/mol. The number of fused-ring (bicyclic) bond motifs is 1. The van der Waals surface area contributed by atoms with Gasteiger partial charge in [0.05, 0.1) is 6.04 Å². The molecule has 0 aromatic heterocycles. The summed E-state index contributed by atoms with van der Waals surface area (Å²) in [5, 5.41) is 3.16. The molecule has 2 aromatic carbocycles. The van der Waals surface area contributed by atoms with Crippen LogP contribution in [0.5, 0.6) is 0 Å². The highest BCUT2D eigenvalue weighted by molar-refractivity contribution is 5.82. The van der Waals surface area contributed by atoms with Gasteiger partial charge in [0.1, 0.15) is 0 Å². The molecule has 2 aromatic rings. The molecule has 142 valence electrons. The van der Waals surface area contributed by atoms with Crippen molar-refractivity contribution in [1.82, 2.24) is 15.1 Å². The number of nitrogens with one attached hydrogen (secondary N) is 1. The van der Waals surface area contributed by atoms with E-state index in [0.717, 1.165) is 19.5 Å². The zero-order chi connectivity index (χ0) is 18.6. The van der Waals surface area contributed by atoms with Crippen molar-refractivity contribution in [2.24, 2.45) is 0 Å². The Morgan fingerprint density at radius 3 is 2.59 bits per heavy atom. The van der Waals surface area contributed by atoms with Crippen molar-refractivity contribution in [3.63, 3.8) is 0 Å². The molecule has 1 atom stereocenters. The van der Waals surface area contributed by atoms with E-state index in [1.54, 1.807) is 0 Å². The van der Waals surface area contributed by atoms with Gasteiger partial charge in [-0.25, -0.2) is 0 Å². The third kappa shape index (κ3) is 4.40. The smallest absolute Gasteiger partial charge is 0.237 e. The minimum absolute atomic E-state index is 0.0901. The Hall–Kier alpha value is -2.17. The molecule has 2 aliphatic rings. The molecule has 0 spiro atoms. The predicted octanol–water partition coefficient (Wildman–Crippen LogP) is 2.96. The fraction of sp³-hybridized carbons (Fsp3) is 0.435. The lowest BCUT2D eigenvalue weighted by Crippen LogP contribution is -2.48. The Morgan fingerprint density at radius 2 is 1.78 bits per heavy atom. The minimum atomic E-state index is -0.0901. The standard InChI is InChI=1S/C23H29N3O/c1-25-17-21-10-3-2-9-20(21)14-22(25)23(27)24-15-18-7-6-8-19(13-18)16-26-11-4-5-12-26/h2-3,6-10,13,22H,4-5,11-12,14-17H2,1H3,(H,24,27)/t22-/m1/s1. The van der Waals surface area contributed by atoms with Crippen LogP contribution < -0.4 is 5.32 Å². The van der Waals surface area contributed by atoms with Gasteiger partial charge in [-0.3, -0.25) is 14.6 Å². The fourth-order valence-corrected chi connectivity index (χ4v) is 4.29. The van der Waals surface area contributed by atoms with Crippen molar-refractivity contribution >= 4 is 5.91 Å². The van der Waals surface area contributed by atoms with E-state index in [1.807, 2.05) is 7.05 Å². The van der Waals surface area contributed by atoms with Crippen molar-refractivity contribution < 1.29 is 4.79 Å². The van der Waals surface area contributed by atoms with Crippen LogP contribution in [0.15, 0.2) is 48.5 Å². The lowest BCUT2D eigenvalue weighted by molar-refractivity contribution is -0.126. The Balaban J connectivity index is 1.35. The van der Waals surface area contributed by atoms with Gasteiger partial charge in [0.2, 0.25) is 5.91 Å². The Bertz CT molecular complexity index is 798. The van der Waals surface area contributed by atoms with E-state index >= 15 is 0 Å². The summed E-state index contributed by atoms with van der Waals surface area (Å²) in [6.07, 6.45) is 3.41. The number of likely N-dealkylation sites (N-methyl/N-ethyl adjacent to an activating group) is 1. The lowest BCUT2D eigenvalue weighted by Gasteiger charge is -2.33. The first-order valence-electron chi connectivity index (χ1n) is 10.0. The summed E-state index contributed by atoms with van der Waals surface area (Å²) in [5.74, 6) is 0.122. The predicted molar refractivity (Wildman–Crippen MR) is 108 cm³/mol. The highest BCUT2D eigenvalue weighted by Gasteiger charge is 2.28. The number of hydrogen-bond acceptors (Lipinski definition) is 3. The molecule has 1 N–H and O–H groups in total. The first-order valence-corrected chi connectivity index (χ1v) is 10.0. The third-order valence-electron chi connectivity index (χ3n) is 5.85. The average molecular weight is 364 g/mol. The molecule has 1 fully saturated rings. The van der Waals surface area contributed by atoms with E-state index in [2.05, 4.69) is 63.6 Å². The number of carbonyl (C=O) groups is 1. The summed E-state index contributed by atoms with van der Waals surface area (Å²) in [7, 11) is 2.04. The van der Waals surface area contributed by atoms with Gasteiger partial charge >= 0.3 is 0 Å². The molecule has 27 heavy (non-hydrogen) atoms. The summed E-state index contributed by atoms with van der Waals surface area (Å²) in [4.78, 5) is 17.5. The van der Waals surface area contributed by atoms with Crippen molar-refractivity contribution in [2.75, 3.05) is 20.1 Å². The van der Waals surface area contributed by atoms with Gasteiger partial charge in [0.15, 0.2) is 0 Å². The van der Waals surface area contributed by atoms with Gasteiger partial charge < -0.3 is 5.32 Å². The van der Waals surface area contributed by atoms with Gasteiger partial charge in [0, 0.05) is 19.6 Å². The van der Waals surface area contributed by atoms with E-state index in [9.17, 15) is 4.79 Å². The average Bonchev–Trinajstić information content (AvgIpc) is 3.19. The van der Waals surface area contributed by atoms with E-state index in [1.165, 1.54) is 48.2 Å². The van der Waals surface area contributed by atoms with Gasteiger partial charge in [-0.1, -0.05) is 48.5 Å². The minimum Gasteiger partial charge on any atom is -0.351 e. The van der Waals surface area contributed by atoms with Crippen molar-refractivity contribution in [3.05, 3.63) is 70.8 Å². The van der Waals surface area contributed by atoms with E-state index < -0.39 is 0 Å². The largest absolute Gasteiger partial charge is 0.351 e. The topological polar surface area (TPSA) is 35.6 Å². The normalized spacial score (nSPS) is 20.4. The van der Waals surface area contributed by atoms with E-state index in [-0.39, 0.29) is 11.9 Å². The zero-order valence-electron chi connectivity index (χ0n) is 16.2. The number of likely N-dealkylation sites (tertiary alicyclic amines) is 1. The van der Waals surface area contributed by atoms with Crippen LogP contribution in [0.1, 0.15) is 35.1 Å². The van der Waals surface area contributed by atoms with E-state index in [0.29, 0.717) is 6.54 Å². The zero-order valence-corrected chi connectivity index (χ0v) is 16.2. The molecule has 0 bridgehead atoms. The second kappa shape index (κ2) is 8.24. The molecule has 4 nitrogen and oxygen atoms in total. The highest BCUT2D eigenvalue weighted by atomic mass is 16.2. The maximum absolute atomic E-state index is 12.8. The molecule has 0 unspecified atom stereocenters. The second-order valence-electron chi connectivity index (χ2n) is 7.92. The number of carbonyl (C=O) groups excluding carboxylic acids is 1. The van der Waals surface area contributed by atoms with Crippen LogP contribution in [0.2, 0.25) is 0 Å². The fourth-order valence-electron chi connectivity index (χ4n) is 4.29. The number of hydrogen-bond donors (Lipinski definition) is 1. The summed E-state index contributed by atoms with van der Waals surface area (Å²) in [6.45, 7) is 4.86. The van der Waals surface area contributed by atoms with Crippen LogP contribution >= 0.6 is 0 Å². The van der Waals surface area contributed by atoms with Crippen LogP contribution in [0, 0.1) is 0 Å². The maximum atomic E-state index is 12.8. The summed E-state index contributed by atoms with van der Waals surface area (Å²) in [5.41, 5.74) is 5.15. The lowest BCUT2D eigenvalue weighted by atomic mass is 9.94. The monoisotopic (exact) mass is 363 g/mol. The molecule has 0 saturated carbocycles. The van der Waals surface area contributed by atoms with Crippen LogP contribution in [-0.4, -0.2) is 41.9 Å². The van der Waals surface area contributed by atoms with E-state index in [4.69, 9.17) is 0 Å². The van der Waals surface area contributed by atoms with Crippen LogP contribution in [0.25, 0.3) is 0 Å². The number of amides is 1. The molecule has 4 rings (SSSR count). The summed E-state index contributed by atoms with van der Waals surface area (Å²) in [6, 6.07) is 17.0. The summed E-state index contributed by atoms with van der Waals surface area (Å²) < 4.78 is 0. The maximum Gasteiger partial charge on any atom is 0.237 e. The number of benzene rings is 2. The first-order chi connectivity index (χ1) is 13.2. The van der Waals surface area contributed by atoms with Crippen molar-refractivity contribution in [3.8, 4) is 0 Å². The quantitative estimate of drug-likeness (QED) is 0.887. The van der Waals surface area contributed by atoms with Gasteiger partial charge in [0.25, 0.3) is 0 Å². The van der Waals surface area contributed by atoms with Crippen molar-refractivity contribution in [2.45, 2.75) is 44.9 Å². The summed E-state index contributed by atoms with van der Waals surface area (Å²) >= 11 is 0. The van der Waals surface area contributed by atoms with Crippen LogP contribution in [0.3, 0.4) is 0 Å². The highest BCUT2D eigenvalue weighted by Crippen LogP contribution is 2.22. The van der Waals surface area contributed by atoms with Crippen LogP contribution in [0.4, 0.5) is 0 Å². The van der Waals surface area contributed by atoms with Gasteiger partial charge in [-0.2, -0.15) is 0 Å². The first kappa shape index (κ1) is 18.2. The third-order valence-corrected chi connectivity index (χ3v) is 5.85. The molecule has 2 aliphatic heterocycles. The van der Waals surface area contributed by atoms with Gasteiger partial charge in [-0.05, 0) is 61.7 Å². The molecule has 1 amide bonds. The SMILES string of the molecule is CN1Cc2ccccc2C[C@@H]1C(=O)NCc1cccc(CN2CCCC2)c1. The van der Waals surface area contributed by atoms with Crippen molar-refractivity contribution in [1.29, 1.82) is 0 Å². The molecule has 0 aliphatic carbocycles. The molecule has 1 saturated heterocycles. The second-order valence-corrected chi connectivity index (χ2v) is 7.92. The molecular formula is C23H29N3O. The Kier molecular flexibility index (Phi) is 5.55.